The first-order valence-corrected chi connectivity index (χ1v) is 10.3. The lowest BCUT2D eigenvalue weighted by atomic mass is 10.1. The Kier molecular flexibility index (Phi) is 9.48. The van der Waals surface area contributed by atoms with Crippen molar-refractivity contribution >= 4 is 39.9 Å². The molecule has 3 nitrogen and oxygen atoms in total. The number of allylic oxidation sites excluding steroid dienone is 2. The Morgan fingerprint density at radius 3 is 2.32 bits per heavy atom. The molecule has 0 spiro atoms. The van der Waals surface area contributed by atoms with Crippen LogP contribution in [0, 0.1) is 18.3 Å². The van der Waals surface area contributed by atoms with Crippen molar-refractivity contribution in [3.05, 3.63) is 120 Å². The Balaban J connectivity index is 0.000000172. The van der Waals surface area contributed by atoms with E-state index in [1.165, 1.54) is 26.8 Å². The Morgan fingerprint density at radius 1 is 1.06 bits per heavy atom. The van der Waals surface area contributed by atoms with E-state index in [0.717, 1.165) is 5.56 Å². The molecule has 4 rings (SSSR count). The zero-order chi connectivity index (χ0) is 22.5. The van der Waals surface area contributed by atoms with Gasteiger partial charge >= 0.3 is 0 Å². The summed E-state index contributed by atoms with van der Waals surface area (Å²) in [5, 5.41) is 9.96. The van der Waals surface area contributed by atoms with Crippen LogP contribution in [0.1, 0.15) is 26.6 Å². The zero-order valence-corrected chi connectivity index (χ0v) is 18.1. The number of benzene rings is 2. The molecule has 0 radical (unpaired) electrons. The van der Waals surface area contributed by atoms with Gasteiger partial charge in [-0.15, -0.1) is 11.3 Å². The zero-order valence-electron chi connectivity index (χ0n) is 17.3. The second-order valence-corrected chi connectivity index (χ2v) is 7.47. The van der Waals surface area contributed by atoms with E-state index in [9.17, 15) is 4.79 Å². The maximum absolute atomic E-state index is 9.77. The fourth-order valence-electron chi connectivity index (χ4n) is 2.44. The number of furan rings is 1. The minimum absolute atomic E-state index is 0.375. The summed E-state index contributed by atoms with van der Waals surface area (Å²) in [6.45, 7) is 9.33. The molecule has 2 aromatic heterocycles. The first-order chi connectivity index (χ1) is 15.1. The third-order valence-corrected chi connectivity index (χ3v) is 5.17. The highest BCUT2D eigenvalue weighted by atomic mass is 32.1. The van der Waals surface area contributed by atoms with Crippen LogP contribution in [-0.4, -0.2) is 6.29 Å². The van der Waals surface area contributed by atoms with Crippen LogP contribution in [0.5, 0.6) is 0 Å². The molecule has 0 bridgehead atoms. The molecule has 4 heteroatoms. The molecule has 0 fully saturated rings. The number of aldehydes is 1. The summed E-state index contributed by atoms with van der Waals surface area (Å²) >= 11 is 1.78. The predicted octanol–water partition coefficient (Wildman–Crippen LogP) is 7.72. The fourth-order valence-corrected chi connectivity index (χ4v) is 3.35. The van der Waals surface area contributed by atoms with Gasteiger partial charge in [0.1, 0.15) is 0 Å². The number of hydrogen-bond donors (Lipinski definition) is 0. The molecule has 0 saturated carbocycles. The van der Waals surface area contributed by atoms with Crippen LogP contribution in [0.15, 0.2) is 102 Å². The van der Waals surface area contributed by atoms with Crippen molar-refractivity contribution in [2.45, 2.75) is 6.92 Å². The normalized spacial score (nSPS) is 10.0. The number of rotatable bonds is 4. The van der Waals surface area contributed by atoms with Crippen molar-refractivity contribution in [2.75, 3.05) is 0 Å². The standard InChI is InChI=1S/C12H11N.C10H8S.C5H4O2/c1-3-11(9-13)8-12-6-4-10(2)5-7-12;1-2-9-7-8-5-3-4-6-10(8)11-9;6-4-5-2-1-3-7-5/h3-8H,1H2,2H3;2-7H,1H2;1-4H/b11-8-;;. The van der Waals surface area contributed by atoms with Gasteiger partial charge in [0.15, 0.2) is 12.0 Å². The van der Waals surface area contributed by atoms with E-state index >= 15 is 0 Å². The third-order valence-electron chi connectivity index (χ3n) is 4.05. The second kappa shape index (κ2) is 12.6. The summed E-state index contributed by atoms with van der Waals surface area (Å²) in [6, 6.07) is 23.9. The van der Waals surface area contributed by atoms with Crippen LogP contribution in [0.2, 0.25) is 0 Å². The van der Waals surface area contributed by atoms with Gasteiger partial charge in [-0.05, 0) is 48.2 Å². The maximum atomic E-state index is 9.77. The molecule has 0 N–H and O–H groups in total. The van der Waals surface area contributed by atoms with Crippen molar-refractivity contribution in [3.8, 4) is 6.07 Å². The molecule has 0 aliphatic heterocycles. The van der Waals surface area contributed by atoms with Gasteiger partial charge in [0.25, 0.3) is 0 Å². The summed E-state index contributed by atoms with van der Waals surface area (Å²) in [4.78, 5) is 11.0. The number of aryl methyl sites for hydroxylation is 1. The molecule has 0 amide bonds. The molecule has 154 valence electrons. The van der Waals surface area contributed by atoms with Gasteiger partial charge in [0.05, 0.1) is 17.9 Å². The molecular weight excluding hydrogens is 402 g/mol. The smallest absolute Gasteiger partial charge is 0.185 e. The van der Waals surface area contributed by atoms with Crippen LogP contribution in [0.3, 0.4) is 0 Å². The van der Waals surface area contributed by atoms with E-state index in [1.807, 2.05) is 43.3 Å². The Hall–Kier alpha value is -3.94. The first kappa shape index (κ1) is 23.3. The number of hydrogen-bond acceptors (Lipinski definition) is 4. The van der Waals surface area contributed by atoms with Crippen molar-refractivity contribution in [3.63, 3.8) is 0 Å². The lowest BCUT2D eigenvalue weighted by molar-refractivity contribution is 0.110. The topological polar surface area (TPSA) is 54.0 Å². The van der Waals surface area contributed by atoms with Gasteiger partial charge in [-0.3, -0.25) is 4.79 Å². The highest BCUT2D eigenvalue weighted by molar-refractivity contribution is 7.19. The van der Waals surface area contributed by atoms with Crippen LogP contribution in [0.25, 0.3) is 22.2 Å². The summed E-state index contributed by atoms with van der Waals surface area (Å²) in [7, 11) is 0. The molecule has 0 unspecified atom stereocenters. The van der Waals surface area contributed by atoms with Gasteiger partial charge in [0, 0.05) is 9.58 Å². The highest BCUT2D eigenvalue weighted by Gasteiger charge is 1.95. The van der Waals surface area contributed by atoms with Crippen molar-refractivity contribution in [2.24, 2.45) is 0 Å². The molecule has 0 saturated heterocycles. The lowest BCUT2D eigenvalue weighted by Gasteiger charge is -1.94. The molecule has 0 atom stereocenters. The third kappa shape index (κ3) is 7.77. The Bertz CT molecular complexity index is 1160. The molecule has 0 aliphatic rings. The van der Waals surface area contributed by atoms with Gasteiger partial charge in [-0.25, -0.2) is 0 Å². The molecule has 4 aromatic rings. The molecule has 2 heterocycles. The number of nitriles is 1. The van der Waals surface area contributed by atoms with E-state index in [4.69, 9.17) is 5.26 Å². The second-order valence-electron chi connectivity index (χ2n) is 6.35. The van der Waals surface area contributed by atoms with Crippen molar-refractivity contribution in [1.29, 1.82) is 5.26 Å². The average molecular weight is 426 g/mol. The van der Waals surface area contributed by atoms with E-state index < -0.39 is 0 Å². The van der Waals surface area contributed by atoms with Crippen LogP contribution in [-0.2, 0) is 0 Å². The lowest BCUT2D eigenvalue weighted by Crippen LogP contribution is -1.76. The Morgan fingerprint density at radius 2 is 1.81 bits per heavy atom. The van der Waals surface area contributed by atoms with E-state index in [1.54, 1.807) is 29.5 Å². The van der Waals surface area contributed by atoms with Crippen LogP contribution in [0.4, 0.5) is 0 Å². The SMILES string of the molecule is C=C/C(C#N)=C/c1ccc(C)cc1.C=Cc1cc2ccccc2s1.O=Cc1ccco1. The van der Waals surface area contributed by atoms with E-state index in [2.05, 4.69) is 54.0 Å². The monoisotopic (exact) mass is 425 g/mol. The number of thiophene rings is 1. The number of fused-ring (bicyclic) bond motifs is 1. The number of carbonyl (C=O) groups excluding carboxylic acids is 1. The summed E-state index contributed by atoms with van der Waals surface area (Å²) in [6.07, 6.45) is 7.39. The molecular formula is C27H23NO2S. The fraction of sp³-hybridized carbons (Fsp3) is 0.0370. The number of carbonyl (C=O) groups is 1. The quantitative estimate of drug-likeness (QED) is 0.191. The van der Waals surface area contributed by atoms with Gasteiger partial charge in [-0.2, -0.15) is 5.26 Å². The van der Waals surface area contributed by atoms with Crippen molar-refractivity contribution in [1.82, 2.24) is 0 Å². The molecule has 0 aliphatic carbocycles. The van der Waals surface area contributed by atoms with E-state index in [-0.39, 0.29) is 0 Å². The number of nitrogens with zero attached hydrogens (tertiary/aromatic N) is 1. The van der Waals surface area contributed by atoms with Gasteiger partial charge < -0.3 is 4.42 Å². The predicted molar refractivity (Wildman–Crippen MR) is 131 cm³/mol. The largest absolute Gasteiger partial charge is 0.462 e. The maximum Gasteiger partial charge on any atom is 0.185 e. The minimum atomic E-state index is 0.375. The first-order valence-electron chi connectivity index (χ1n) is 9.50. The van der Waals surface area contributed by atoms with Crippen molar-refractivity contribution < 1.29 is 9.21 Å². The summed E-state index contributed by atoms with van der Waals surface area (Å²) in [5.74, 6) is 0.375. The van der Waals surface area contributed by atoms with Gasteiger partial charge in [0.2, 0.25) is 0 Å². The van der Waals surface area contributed by atoms with E-state index in [0.29, 0.717) is 17.6 Å². The summed E-state index contributed by atoms with van der Waals surface area (Å²) < 4.78 is 5.95. The summed E-state index contributed by atoms with van der Waals surface area (Å²) in [5.41, 5.74) is 2.83. The average Bonchev–Trinajstić information content (AvgIpc) is 3.49. The minimum Gasteiger partial charge on any atom is -0.462 e. The van der Waals surface area contributed by atoms with Crippen LogP contribution >= 0.6 is 11.3 Å². The van der Waals surface area contributed by atoms with Gasteiger partial charge in [-0.1, -0.05) is 73.3 Å². The molecule has 31 heavy (non-hydrogen) atoms. The Labute approximate surface area is 186 Å². The molecule has 2 aromatic carbocycles. The highest BCUT2D eigenvalue weighted by Crippen LogP contribution is 2.25. The van der Waals surface area contributed by atoms with Crippen LogP contribution < -0.4 is 0 Å².